The molecule has 2 aliphatic rings. The molecule has 3 heteroatoms. The third-order valence-electron chi connectivity index (χ3n) is 4.08. The van der Waals surface area contributed by atoms with Gasteiger partial charge in [-0.25, -0.2) is 3.11 Å². The van der Waals surface area contributed by atoms with Crippen LogP contribution in [0.3, 0.4) is 0 Å². The summed E-state index contributed by atoms with van der Waals surface area (Å²) in [5, 5.41) is 0. The van der Waals surface area contributed by atoms with Crippen LogP contribution in [0, 0.1) is 5.41 Å². The average Bonchev–Trinajstić information content (AvgIpc) is 2.15. The maximum atomic E-state index is 2.49. The van der Waals surface area contributed by atoms with Crippen LogP contribution in [-0.2, 0) is 0 Å². The van der Waals surface area contributed by atoms with Gasteiger partial charge >= 0.3 is 0 Å². The predicted octanol–water partition coefficient (Wildman–Crippen LogP) is 2.53. The molecule has 1 aliphatic heterocycles. The van der Waals surface area contributed by atoms with Crippen LogP contribution in [0.4, 0.5) is 0 Å². The van der Waals surface area contributed by atoms with Gasteiger partial charge in [-0.3, -0.25) is 0 Å². The van der Waals surface area contributed by atoms with Crippen LogP contribution in [0.1, 0.15) is 32.6 Å². The SMILES string of the molecule is CCN(I)C1CC2(CCN(C)CC2)C1. The molecule has 0 bridgehead atoms. The standard InChI is InChI=1S/C11H21IN2/c1-3-14(12)10-8-11(9-10)4-6-13(2)7-5-11/h10H,3-9H2,1-2H3. The molecule has 82 valence electrons. The van der Waals surface area contributed by atoms with Gasteiger partial charge in [0.1, 0.15) is 0 Å². The Bertz CT molecular complexity index is 191. The summed E-state index contributed by atoms with van der Waals surface area (Å²) < 4.78 is 2.49. The van der Waals surface area contributed by atoms with E-state index in [-0.39, 0.29) is 0 Å². The van der Waals surface area contributed by atoms with Gasteiger partial charge in [0, 0.05) is 35.5 Å². The Labute approximate surface area is 102 Å². The lowest BCUT2D eigenvalue weighted by molar-refractivity contribution is -0.00424. The maximum absolute atomic E-state index is 2.49. The normalized spacial score (nSPS) is 28.3. The van der Waals surface area contributed by atoms with Crippen LogP contribution in [0.5, 0.6) is 0 Å². The van der Waals surface area contributed by atoms with Gasteiger partial charge in [0.05, 0.1) is 0 Å². The van der Waals surface area contributed by atoms with Crippen molar-refractivity contribution in [2.45, 2.75) is 38.6 Å². The van der Waals surface area contributed by atoms with Crippen LogP contribution < -0.4 is 0 Å². The van der Waals surface area contributed by atoms with E-state index in [1.54, 1.807) is 0 Å². The van der Waals surface area contributed by atoms with Gasteiger partial charge < -0.3 is 4.90 Å². The van der Waals surface area contributed by atoms with Crippen LogP contribution in [-0.4, -0.2) is 40.7 Å². The Kier molecular flexibility index (Phi) is 3.39. The first-order chi connectivity index (χ1) is 6.65. The molecule has 0 unspecified atom stereocenters. The van der Waals surface area contributed by atoms with Crippen molar-refractivity contribution in [3.05, 3.63) is 0 Å². The molecule has 0 atom stereocenters. The number of rotatable bonds is 2. The minimum absolute atomic E-state index is 0.746. The zero-order valence-corrected chi connectivity index (χ0v) is 11.5. The van der Waals surface area contributed by atoms with Crippen molar-refractivity contribution in [2.24, 2.45) is 5.41 Å². The summed E-state index contributed by atoms with van der Waals surface area (Å²) in [6.45, 7) is 6.09. The summed E-state index contributed by atoms with van der Waals surface area (Å²) >= 11 is 2.49. The van der Waals surface area contributed by atoms with Gasteiger partial charge in [-0.05, 0) is 51.2 Å². The molecule has 1 saturated heterocycles. The summed E-state index contributed by atoms with van der Waals surface area (Å²) in [4.78, 5) is 2.47. The van der Waals surface area contributed by atoms with E-state index in [9.17, 15) is 0 Å². The van der Waals surface area contributed by atoms with E-state index < -0.39 is 0 Å². The van der Waals surface area contributed by atoms with E-state index in [4.69, 9.17) is 0 Å². The number of nitrogens with zero attached hydrogens (tertiary/aromatic N) is 2. The van der Waals surface area contributed by atoms with Crippen molar-refractivity contribution in [3.63, 3.8) is 0 Å². The van der Waals surface area contributed by atoms with Crippen molar-refractivity contribution >= 4 is 22.9 Å². The topological polar surface area (TPSA) is 6.48 Å². The highest BCUT2D eigenvalue weighted by Crippen LogP contribution is 2.51. The molecule has 0 amide bonds. The van der Waals surface area contributed by atoms with E-state index in [1.165, 1.54) is 45.3 Å². The fourth-order valence-electron chi connectivity index (χ4n) is 2.90. The smallest absolute Gasteiger partial charge is 0.0204 e. The molecule has 2 fully saturated rings. The molecular formula is C11H21IN2. The van der Waals surface area contributed by atoms with Crippen LogP contribution in [0.25, 0.3) is 0 Å². The largest absolute Gasteiger partial charge is 0.306 e. The van der Waals surface area contributed by atoms with Gasteiger partial charge in [-0.15, -0.1) is 0 Å². The van der Waals surface area contributed by atoms with Crippen LogP contribution in [0.2, 0.25) is 0 Å². The molecule has 1 heterocycles. The quantitative estimate of drug-likeness (QED) is 0.571. The highest BCUT2D eigenvalue weighted by Gasteiger charge is 2.46. The van der Waals surface area contributed by atoms with Crippen LogP contribution >= 0.6 is 22.9 Å². The van der Waals surface area contributed by atoms with E-state index in [1.807, 2.05) is 0 Å². The van der Waals surface area contributed by atoms with Gasteiger partial charge in [-0.2, -0.15) is 0 Å². The molecule has 1 spiro atoms. The van der Waals surface area contributed by atoms with Gasteiger partial charge in [0.2, 0.25) is 0 Å². The second-order valence-corrected chi connectivity index (χ2v) is 6.32. The summed E-state index contributed by atoms with van der Waals surface area (Å²) in [7, 11) is 2.25. The van der Waals surface area contributed by atoms with Gasteiger partial charge in [0.25, 0.3) is 0 Å². The molecule has 0 aromatic heterocycles. The number of halogens is 1. The van der Waals surface area contributed by atoms with Crippen molar-refractivity contribution in [3.8, 4) is 0 Å². The molecule has 0 aromatic carbocycles. The first-order valence-corrected chi connectivity index (χ1v) is 6.73. The number of likely N-dealkylation sites (tertiary alicyclic amines) is 1. The molecule has 0 aromatic rings. The Morgan fingerprint density at radius 1 is 1.36 bits per heavy atom. The lowest BCUT2D eigenvalue weighted by atomic mass is 9.60. The number of hydrogen-bond acceptors (Lipinski definition) is 2. The third kappa shape index (κ3) is 2.09. The molecule has 0 radical (unpaired) electrons. The molecule has 2 rings (SSSR count). The summed E-state index contributed by atoms with van der Waals surface area (Å²) in [5.74, 6) is 0. The van der Waals surface area contributed by atoms with Crippen molar-refractivity contribution in [1.82, 2.24) is 8.01 Å². The zero-order chi connectivity index (χ0) is 10.2. The molecule has 0 N–H and O–H groups in total. The van der Waals surface area contributed by atoms with E-state index in [0.29, 0.717) is 0 Å². The summed E-state index contributed by atoms with van der Waals surface area (Å²) in [5.41, 5.74) is 0.746. The van der Waals surface area contributed by atoms with Gasteiger partial charge in [-0.1, -0.05) is 6.92 Å². The predicted molar refractivity (Wildman–Crippen MR) is 68.6 cm³/mol. The summed E-state index contributed by atoms with van der Waals surface area (Å²) in [6, 6.07) is 0.879. The molecule has 14 heavy (non-hydrogen) atoms. The fraction of sp³-hybridized carbons (Fsp3) is 1.00. The Hall–Kier alpha value is 0.650. The highest BCUT2D eigenvalue weighted by atomic mass is 127. The molecule has 2 nitrogen and oxygen atoms in total. The Morgan fingerprint density at radius 3 is 2.43 bits per heavy atom. The van der Waals surface area contributed by atoms with E-state index in [0.717, 1.165) is 11.5 Å². The highest BCUT2D eigenvalue weighted by molar-refractivity contribution is 14.1. The molecular weight excluding hydrogens is 287 g/mol. The maximum Gasteiger partial charge on any atom is 0.0204 e. The fourth-order valence-corrected chi connectivity index (χ4v) is 3.29. The Balaban J connectivity index is 1.80. The number of piperidine rings is 1. The monoisotopic (exact) mass is 308 g/mol. The minimum atomic E-state index is 0.746. The summed E-state index contributed by atoms with van der Waals surface area (Å²) in [6.07, 6.45) is 5.79. The lowest BCUT2D eigenvalue weighted by Crippen LogP contribution is -2.52. The first-order valence-electron chi connectivity index (χ1n) is 5.76. The lowest BCUT2D eigenvalue weighted by Gasteiger charge is -2.53. The van der Waals surface area contributed by atoms with Gasteiger partial charge in [0.15, 0.2) is 0 Å². The van der Waals surface area contributed by atoms with E-state index in [2.05, 4.69) is 44.8 Å². The second-order valence-electron chi connectivity index (χ2n) is 5.08. The van der Waals surface area contributed by atoms with E-state index >= 15 is 0 Å². The first kappa shape index (κ1) is 11.1. The zero-order valence-electron chi connectivity index (χ0n) is 9.30. The average molecular weight is 308 g/mol. The number of hydrogen-bond donors (Lipinski definition) is 0. The van der Waals surface area contributed by atoms with Crippen molar-refractivity contribution in [1.29, 1.82) is 0 Å². The second kappa shape index (κ2) is 4.26. The van der Waals surface area contributed by atoms with Crippen LogP contribution in [0.15, 0.2) is 0 Å². The molecule has 1 aliphatic carbocycles. The Morgan fingerprint density at radius 2 is 1.93 bits per heavy atom. The molecule has 1 saturated carbocycles. The van der Waals surface area contributed by atoms with Crippen molar-refractivity contribution in [2.75, 3.05) is 26.7 Å². The third-order valence-corrected chi connectivity index (χ3v) is 5.55. The van der Waals surface area contributed by atoms with Crippen molar-refractivity contribution < 1.29 is 0 Å². The minimum Gasteiger partial charge on any atom is -0.306 e.